The van der Waals surface area contributed by atoms with E-state index in [1.807, 2.05) is 42.6 Å². The van der Waals surface area contributed by atoms with Crippen LogP contribution in [0.5, 0.6) is 5.75 Å². The summed E-state index contributed by atoms with van der Waals surface area (Å²) in [5, 5.41) is 13.1. The second-order valence-corrected chi connectivity index (χ2v) is 4.95. The minimum absolute atomic E-state index is 0.283. The second kappa shape index (κ2) is 8.39. The average molecular weight is 286 g/mol. The van der Waals surface area contributed by atoms with Gasteiger partial charge in [-0.3, -0.25) is 4.98 Å². The van der Waals surface area contributed by atoms with Crippen LogP contribution >= 0.6 is 0 Å². The molecule has 1 heterocycles. The fourth-order valence-corrected chi connectivity index (χ4v) is 1.96. The summed E-state index contributed by atoms with van der Waals surface area (Å²) < 4.78 is 5.57. The minimum Gasteiger partial charge on any atom is -0.491 e. The molecule has 0 aliphatic heterocycles. The molecule has 0 radical (unpaired) electrons. The van der Waals surface area contributed by atoms with Crippen LogP contribution in [0.3, 0.4) is 0 Å². The number of aryl methyl sites for hydroxylation is 1. The molecule has 1 aromatic carbocycles. The van der Waals surface area contributed by atoms with E-state index in [1.165, 1.54) is 5.56 Å². The van der Waals surface area contributed by atoms with E-state index in [2.05, 4.69) is 17.2 Å². The van der Waals surface area contributed by atoms with Gasteiger partial charge in [0.25, 0.3) is 0 Å². The van der Waals surface area contributed by atoms with Crippen LogP contribution in [0.4, 0.5) is 0 Å². The van der Waals surface area contributed by atoms with Crippen molar-refractivity contribution < 1.29 is 9.84 Å². The standard InChI is InChI=1S/C17H22N2O2/c1-2-14-5-7-17(8-6-14)21-13-16(20)12-19-11-15-4-3-9-18-10-15/h3-10,16,19-20H,2,11-13H2,1H3. The van der Waals surface area contributed by atoms with Gasteiger partial charge in [0.05, 0.1) is 0 Å². The number of pyridine rings is 1. The van der Waals surface area contributed by atoms with E-state index < -0.39 is 6.10 Å². The zero-order valence-corrected chi connectivity index (χ0v) is 12.3. The Morgan fingerprint density at radius 1 is 1.19 bits per heavy atom. The zero-order valence-electron chi connectivity index (χ0n) is 12.3. The topological polar surface area (TPSA) is 54.4 Å². The lowest BCUT2D eigenvalue weighted by Gasteiger charge is -2.13. The molecule has 2 rings (SSSR count). The van der Waals surface area contributed by atoms with Crippen LogP contribution in [0.25, 0.3) is 0 Å². The third-order valence-corrected chi connectivity index (χ3v) is 3.21. The maximum atomic E-state index is 9.89. The van der Waals surface area contributed by atoms with Gasteiger partial charge >= 0.3 is 0 Å². The Balaban J connectivity index is 1.66. The van der Waals surface area contributed by atoms with Gasteiger partial charge in [-0.25, -0.2) is 0 Å². The molecule has 0 amide bonds. The molecule has 0 saturated heterocycles. The van der Waals surface area contributed by atoms with Gasteiger partial charge in [0.1, 0.15) is 18.5 Å². The summed E-state index contributed by atoms with van der Waals surface area (Å²) in [6.07, 6.45) is 4.04. The van der Waals surface area contributed by atoms with E-state index in [4.69, 9.17) is 4.74 Å². The first-order valence-corrected chi connectivity index (χ1v) is 7.27. The predicted octanol–water partition coefficient (Wildman–Crippen LogP) is 2.17. The first-order chi connectivity index (χ1) is 10.3. The maximum absolute atomic E-state index is 9.89. The predicted molar refractivity (Wildman–Crippen MR) is 83.3 cm³/mol. The fraction of sp³-hybridized carbons (Fsp3) is 0.353. The molecule has 1 unspecified atom stereocenters. The van der Waals surface area contributed by atoms with Crippen LogP contribution in [-0.2, 0) is 13.0 Å². The number of nitrogens with one attached hydrogen (secondary N) is 1. The average Bonchev–Trinajstić information content (AvgIpc) is 2.54. The van der Waals surface area contributed by atoms with Gasteiger partial charge in [-0.2, -0.15) is 0 Å². The quantitative estimate of drug-likeness (QED) is 0.781. The summed E-state index contributed by atoms with van der Waals surface area (Å²) >= 11 is 0. The van der Waals surface area contributed by atoms with E-state index in [-0.39, 0.29) is 6.61 Å². The normalized spacial score (nSPS) is 12.1. The van der Waals surface area contributed by atoms with Crippen LogP contribution in [0, 0.1) is 0 Å². The highest BCUT2D eigenvalue weighted by Gasteiger charge is 2.05. The third kappa shape index (κ3) is 5.53. The summed E-state index contributed by atoms with van der Waals surface area (Å²) in [7, 11) is 0. The van der Waals surface area contributed by atoms with Gasteiger partial charge in [0.2, 0.25) is 0 Å². The monoisotopic (exact) mass is 286 g/mol. The highest BCUT2D eigenvalue weighted by atomic mass is 16.5. The molecular weight excluding hydrogens is 264 g/mol. The van der Waals surface area contributed by atoms with E-state index in [0.717, 1.165) is 17.7 Å². The van der Waals surface area contributed by atoms with Gasteiger partial charge < -0.3 is 15.2 Å². The molecule has 2 aromatic rings. The lowest BCUT2D eigenvalue weighted by molar-refractivity contribution is 0.106. The summed E-state index contributed by atoms with van der Waals surface area (Å²) in [5.74, 6) is 0.790. The van der Waals surface area contributed by atoms with Crippen molar-refractivity contribution in [1.29, 1.82) is 0 Å². The lowest BCUT2D eigenvalue weighted by Crippen LogP contribution is -2.31. The van der Waals surface area contributed by atoms with E-state index >= 15 is 0 Å². The highest BCUT2D eigenvalue weighted by molar-refractivity contribution is 5.27. The van der Waals surface area contributed by atoms with Crippen LogP contribution in [0.15, 0.2) is 48.8 Å². The molecular formula is C17H22N2O2. The molecule has 1 atom stereocenters. The van der Waals surface area contributed by atoms with E-state index in [0.29, 0.717) is 13.1 Å². The van der Waals surface area contributed by atoms with Crippen molar-refractivity contribution >= 4 is 0 Å². The van der Waals surface area contributed by atoms with Gasteiger partial charge in [-0.05, 0) is 35.7 Å². The van der Waals surface area contributed by atoms with E-state index in [1.54, 1.807) is 6.20 Å². The zero-order chi connectivity index (χ0) is 14.9. The highest BCUT2D eigenvalue weighted by Crippen LogP contribution is 2.12. The molecule has 0 saturated carbocycles. The van der Waals surface area contributed by atoms with Gasteiger partial charge in [-0.15, -0.1) is 0 Å². The minimum atomic E-state index is -0.535. The van der Waals surface area contributed by atoms with Gasteiger partial charge in [0.15, 0.2) is 0 Å². The molecule has 0 aliphatic rings. The van der Waals surface area contributed by atoms with Crippen molar-refractivity contribution in [3.8, 4) is 5.75 Å². The number of ether oxygens (including phenoxy) is 1. The summed E-state index contributed by atoms with van der Waals surface area (Å²) in [6.45, 7) is 3.58. The summed E-state index contributed by atoms with van der Waals surface area (Å²) in [4.78, 5) is 4.05. The molecule has 4 nitrogen and oxygen atoms in total. The van der Waals surface area contributed by atoms with Crippen LogP contribution in [-0.4, -0.2) is 29.3 Å². The molecule has 0 aliphatic carbocycles. The Morgan fingerprint density at radius 2 is 2.00 bits per heavy atom. The largest absolute Gasteiger partial charge is 0.491 e. The first kappa shape index (κ1) is 15.5. The molecule has 1 aromatic heterocycles. The number of nitrogens with zero attached hydrogens (tertiary/aromatic N) is 1. The Kier molecular flexibility index (Phi) is 6.19. The fourth-order valence-electron chi connectivity index (χ4n) is 1.96. The van der Waals surface area contributed by atoms with Crippen molar-refractivity contribution in [2.75, 3.05) is 13.2 Å². The number of aliphatic hydroxyl groups is 1. The van der Waals surface area contributed by atoms with Crippen molar-refractivity contribution in [3.63, 3.8) is 0 Å². The Hall–Kier alpha value is -1.91. The molecule has 0 spiro atoms. The van der Waals surface area contributed by atoms with Gasteiger partial charge in [-0.1, -0.05) is 25.1 Å². The van der Waals surface area contributed by atoms with Crippen molar-refractivity contribution in [2.24, 2.45) is 0 Å². The SMILES string of the molecule is CCc1ccc(OCC(O)CNCc2cccnc2)cc1. The number of benzene rings is 1. The lowest BCUT2D eigenvalue weighted by atomic mass is 10.2. The molecule has 2 N–H and O–H groups in total. The number of hydrogen-bond acceptors (Lipinski definition) is 4. The summed E-state index contributed by atoms with van der Waals surface area (Å²) in [5.41, 5.74) is 2.38. The van der Waals surface area contributed by atoms with Crippen LogP contribution < -0.4 is 10.1 Å². The first-order valence-electron chi connectivity index (χ1n) is 7.27. The van der Waals surface area contributed by atoms with Crippen LogP contribution in [0.1, 0.15) is 18.1 Å². The number of hydrogen-bond donors (Lipinski definition) is 2. The molecule has 21 heavy (non-hydrogen) atoms. The summed E-state index contributed by atoms with van der Waals surface area (Å²) in [6, 6.07) is 11.9. The number of aromatic nitrogens is 1. The third-order valence-electron chi connectivity index (χ3n) is 3.21. The number of aliphatic hydroxyl groups excluding tert-OH is 1. The molecule has 0 fully saturated rings. The Bertz CT molecular complexity index is 514. The second-order valence-electron chi connectivity index (χ2n) is 4.95. The van der Waals surface area contributed by atoms with Crippen LogP contribution in [0.2, 0.25) is 0 Å². The molecule has 4 heteroatoms. The number of rotatable bonds is 8. The van der Waals surface area contributed by atoms with Gasteiger partial charge in [0, 0.05) is 25.5 Å². The van der Waals surface area contributed by atoms with E-state index in [9.17, 15) is 5.11 Å². The molecule has 112 valence electrons. The van der Waals surface area contributed by atoms with Crippen molar-refractivity contribution in [3.05, 3.63) is 59.9 Å². The Morgan fingerprint density at radius 3 is 2.67 bits per heavy atom. The maximum Gasteiger partial charge on any atom is 0.119 e. The molecule has 0 bridgehead atoms. The smallest absolute Gasteiger partial charge is 0.119 e. The van der Waals surface area contributed by atoms with Crippen molar-refractivity contribution in [1.82, 2.24) is 10.3 Å². The Labute approximate surface area is 125 Å². The van der Waals surface area contributed by atoms with Crippen molar-refractivity contribution in [2.45, 2.75) is 26.0 Å².